The second kappa shape index (κ2) is 2.84. The van der Waals surface area contributed by atoms with Crippen LogP contribution in [-0.2, 0) is 0 Å². The van der Waals surface area contributed by atoms with Crippen molar-refractivity contribution in [1.29, 1.82) is 0 Å². The van der Waals surface area contributed by atoms with Gasteiger partial charge in [0.2, 0.25) is 0 Å². The van der Waals surface area contributed by atoms with E-state index < -0.39 is 5.97 Å². The summed E-state index contributed by atoms with van der Waals surface area (Å²) in [5, 5.41) is 8.46. The van der Waals surface area contributed by atoms with Crippen LogP contribution in [0, 0.1) is 12.3 Å². The lowest BCUT2D eigenvalue weighted by molar-refractivity contribution is 0.0696. The normalized spacial score (nSPS) is 8.64. The van der Waals surface area contributed by atoms with Crippen LogP contribution in [0.3, 0.4) is 0 Å². The number of nitrogens with zero attached hydrogens (tertiary/aromatic N) is 1. The van der Waals surface area contributed by atoms with Crippen LogP contribution >= 0.6 is 0 Å². The fourth-order valence-electron chi connectivity index (χ4n) is 0.606. The smallest absolute Gasteiger partial charge is 0.337 e. The molecule has 0 aromatic carbocycles. The number of aromatic nitrogens is 1. The number of terminal acetylenes is 1. The molecule has 1 N–H and O–H groups in total. The lowest BCUT2D eigenvalue weighted by atomic mass is 10.2. The SMILES string of the molecule is C#Cc1ccc(C(=O)O)cn1. The number of carboxylic acids is 1. The number of carbonyl (C=O) groups is 1. The molecule has 3 nitrogen and oxygen atoms in total. The maximum absolute atomic E-state index is 10.3. The lowest BCUT2D eigenvalue weighted by Crippen LogP contribution is -1.96. The van der Waals surface area contributed by atoms with Gasteiger partial charge in [0, 0.05) is 6.20 Å². The molecular weight excluding hydrogens is 142 g/mol. The van der Waals surface area contributed by atoms with E-state index in [1.165, 1.54) is 18.3 Å². The van der Waals surface area contributed by atoms with Gasteiger partial charge >= 0.3 is 5.97 Å². The Kier molecular flexibility index (Phi) is 1.88. The first kappa shape index (κ1) is 7.29. The molecule has 11 heavy (non-hydrogen) atoms. The second-order valence-electron chi connectivity index (χ2n) is 1.88. The van der Waals surface area contributed by atoms with E-state index in [0.717, 1.165) is 0 Å². The van der Waals surface area contributed by atoms with E-state index in [0.29, 0.717) is 5.69 Å². The van der Waals surface area contributed by atoms with Gasteiger partial charge in [0.1, 0.15) is 5.69 Å². The van der Waals surface area contributed by atoms with Gasteiger partial charge in [0.25, 0.3) is 0 Å². The van der Waals surface area contributed by atoms with Gasteiger partial charge in [-0.1, -0.05) is 5.92 Å². The third kappa shape index (κ3) is 1.55. The summed E-state index contributed by atoms with van der Waals surface area (Å²) in [5.41, 5.74) is 0.582. The lowest BCUT2D eigenvalue weighted by Gasteiger charge is -1.91. The van der Waals surface area contributed by atoms with Crippen LogP contribution in [0.2, 0.25) is 0 Å². The Morgan fingerprint density at radius 2 is 2.36 bits per heavy atom. The largest absolute Gasteiger partial charge is 0.478 e. The quantitative estimate of drug-likeness (QED) is 0.596. The van der Waals surface area contributed by atoms with Gasteiger partial charge in [-0.05, 0) is 12.1 Å². The van der Waals surface area contributed by atoms with E-state index in [1.807, 2.05) is 0 Å². The van der Waals surface area contributed by atoms with E-state index in [1.54, 1.807) is 0 Å². The van der Waals surface area contributed by atoms with Crippen LogP contribution in [0.4, 0.5) is 0 Å². The standard InChI is InChI=1S/C8H5NO2/c1-2-7-4-3-6(5-9-7)8(10)11/h1,3-5H,(H,10,11). The van der Waals surface area contributed by atoms with Crippen molar-refractivity contribution in [2.45, 2.75) is 0 Å². The van der Waals surface area contributed by atoms with Gasteiger partial charge in [0.15, 0.2) is 0 Å². The molecule has 0 spiro atoms. The average molecular weight is 147 g/mol. The summed E-state index contributed by atoms with van der Waals surface area (Å²) < 4.78 is 0. The Balaban J connectivity index is 3.03. The molecule has 0 saturated carbocycles. The van der Waals surface area contributed by atoms with E-state index in [9.17, 15) is 4.79 Å². The molecule has 0 fully saturated rings. The molecule has 0 atom stereocenters. The molecule has 54 valence electrons. The van der Waals surface area contributed by atoms with Crippen molar-refractivity contribution in [2.24, 2.45) is 0 Å². The topological polar surface area (TPSA) is 50.2 Å². The van der Waals surface area contributed by atoms with Gasteiger partial charge in [0.05, 0.1) is 5.56 Å². The van der Waals surface area contributed by atoms with Crippen molar-refractivity contribution >= 4 is 5.97 Å². The maximum Gasteiger partial charge on any atom is 0.337 e. The molecule has 1 aromatic rings. The summed E-state index contributed by atoms with van der Waals surface area (Å²) >= 11 is 0. The van der Waals surface area contributed by atoms with Crippen molar-refractivity contribution < 1.29 is 9.90 Å². The fraction of sp³-hybridized carbons (Fsp3) is 0. The Morgan fingerprint density at radius 1 is 1.64 bits per heavy atom. The first-order chi connectivity index (χ1) is 5.24. The minimum atomic E-state index is -0.999. The summed E-state index contributed by atoms with van der Waals surface area (Å²) in [5.74, 6) is 1.29. The molecule has 0 saturated heterocycles. The minimum Gasteiger partial charge on any atom is -0.478 e. The van der Waals surface area contributed by atoms with E-state index in [-0.39, 0.29) is 5.56 Å². The fourth-order valence-corrected chi connectivity index (χ4v) is 0.606. The molecule has 0 amide bonds. The monoisotopic (exact) mass is 147 g/mol. The van der Waals surface area contributed by atoms with Crippen LogP contribution < -0.4 is 0 Å². The second-order valence-corrected chi connectivity index (χ2v) is 1.88. The first-order valence-electron chi connectivity index (χ1n) is 2.90. The van der Waals surface area contributed by atoms with Crippen LogP contribution in [0.25, 0.3) is 0 Å². The minimum absolute atomic E-state index is 0.143. The summed E-state index contributed by atoms with van der Waals surface area (Å²) in [6.07, 6.45) is 6.25. The molecule has 1 heterocycles. The van der Waals surface area contributed by atoms with Crippen LogP contribution in [-0.4, -0.2) is 16.1 Å². The van der Waals surface area contributed by atoms with Crippen molar-refractivity contribution in [3.63, 3.8) is 0 Å². The summed E-state index contributed by atoms with van der Waals surface area (Å²) in [6, 6.07) is 2.91. The maximum atomic E-state index is 10.3. The summed E-state index contributed by atoms with van der Waals surface area (Å²) in [7, 11) is 0. The van der Waals surface area contributed by atoms with Crippen LogP contribution in [0.5, 0.6) is 0 Å². The number of hydrogen-bond donors (Lipinski definition) is 1. The van der Waals surface area contributed by atoms with Gasteiger partial charge in [-0.25, -0.2) is 9.78 Å². The highest BCUT2D eigenvalue weighted by atomic mass is 16.4. The first-order valence-corrected chi connectivity index (χ1v) is 2.90. The molecule has 0 aliphatic rings. The average Bonchev–Trinajstić information content (AvgIpc) is 2.05. The van der Waals surface area contributed by atoms with Crippen LogP contribution in [0.15, 0.2) is 18.3 Å². The molecule has 3 heteroatoms. The van der Waals surface area contributed by atoms with E-state index in [4.69, 9.17) is 11.5 Å². The predicted molar refractivity (Wildman–Crippen MR) is 39.1 cm³/mol. The number of aromatic carboxylic acids is 1. The summed E-state index contributed by atoms with van der Waals surface area (Å²) in [4.78, 5) is 14.0. The molecule has 1 aromatic heterocycles. The number of hydrogen-bond acceptors (Lipinski definition) is 2. The third-order valence-corrected chi connectivity index (χ3v) is 1.16. The van der Waals surface area contributed by atoms with Gasteiger partial charge in [-0.15, -0.1) is 6.42 Å². The van der Waals surface area contributed by atoms with Crippen molar-refractivity contribution in [3.8, 4) is 12.3 Å². The third-order valence-electron chi connectivity index (χ3n) is 1.16. The Bertz CT molecular complexity index is 308. The van der Waals surface area contributed by atoms with Crippen LogP contribution in [0.1, 0.15) is 16.1 Å². The number of rotatable bonds is 1. The predicted octanol–water partition coefficient (Wildman–Crippen LogP) is 0.761. The zero-order chi connectivity index (χ0) is 8.27. The highest BCUT2D eigenvalue weighted by Gasteiger charge is 2.00. The molecule has 0 aliphatic heterocycles. The summed E-state index contributed by atoms with van der Waals surface area (Å²) in [6.45, 7) is 0. The zero-order valence-corrected chi connectivity index (χ0v) is 5.61. The Hall–Kier alpha value is -1.82. The molecular formula is C8H5NO2. The van der Waals surface area contributed by atoms with Crippen molar-refractivity contribution in [2.75, 3.05) is 0 Å². The van der Waals surface area contributed by atoms with E-state index >= 15 is 0 Å². The molecule has 0 radical (unpaired) electrons. The zero-order valence-electron chi connectivity index (χ0n) is 5.61. The van der Waals surface area contributed by atoms with Crippen molar-refractivity contribution in [3.05, 3.63) is 29.6 Å². The molecule has 0 aliphatic carbocycles. The Labute approximate surface area is 63.7 Å². The van der Waals surface area contributed by atoms with Crippen molar-refractivity contribution in [1.82, 2.24) is 4.98 Å². The van der Waals surface area contributed by atoms with Gasteiger partial charge in [-0.2, -0.15) is 0 Å². The molecule has 1 rings (SSSR count). The molecule has 0 bridgehead atoms. The van der Waals surface area contributed by atoms with E-state index in [2.05, 4.69) is 10.9 Å². The molecule has 0 unspecified atom stereocenters. The van der Waals surface area contributed by atoms with Gasteiger partial charge in [-0.3, -0.25) is 0 Å². The highest BCUT2D eigenvalue weighted by Crippen LogP contribution is 1.98. The number of pyridine rings is 1. The highest BCUT2D eigenvalue weighted by molar-refractivity contribution is 5.87. The Morgan fingerprint density at radius 3 is 2.73 bits per heavy atom. The van der Waals surface area contributed by atoms with Gasteiger partial charge < -0.3 is 5.11 Å². The number of carboxylic acid groups (broad SMARTS) is 1.